The van der Waals surface area contributed by atoms with E-state index in [2.05, 4.69) is 44.6 Å². The van der Waals surface area contributed by atoms with E-state index < -0.39 is 0 Å². The van der Waals surface area contributed by atoms with Crippen LogP contribution in [0.25, 0.3) is 0 Å². The zero-order valence-electron chi connectivity index (χ0n) is 14.5. The summed E-state index contributed by atoms with van der Waals surface area (Å²) in [5, 5.41) is 6.07. The molecule has 0 atom stereocenters. The Balaban J connectivity index is 2.82. The third-order valence-electron chi connectivity index (χ3n) is 4.27. The van der Waals surface area contributed by atoms with Gasteiger partial charge in [-0.1, -0.05) is 58.4 Å². The maximum Gasteiger partial charge on any atom is 0.0772 e. The summed E-state index contributed by atoms with van der Waals surface area (Å²) in [6, 6.07) is 0. The van der Waals surface area contributed by atoms with Gasteiger partial charge in [-0.15, -0.1) is 0 Å². The number of nitrogens with one attached hydrogen (secondary N) is 1. The molecule has 0 heterocycles. The molecular weight excluding hydrogens is 276 g/mol. The Morgan fingerprint density at radius 3 is 2.38 bits per heavy atom. The smallest absolute Gasteiger partial charge is 0.0772 e. The van der Waals surface area contributed by atoms with Crippen LogP contribution >= 0.6 is 11.8 Å². The van der Waals surface area contributed by atoms with E-state index in [0.717, 1.165) is 12.1 Å². The van der Waals surface area contributed by atoms with Crippen LogP contribution in [0.1, 0.15) is 66.2 Å². The fraction of sp³-hybridized carbons (Fsp3) is 0.722. The van der Waals surface area contributed by atoms with Crippen molar-refractivity contribution in [1.82, 2.24) is 5.32 Å². The molecule has 1 rings (SSSR count). The lowest BCUT2D eigenvalue weighted by atomic mass is 9.90. The molecule has 0 aliphatic heterocycles. The molecule has 21 heavy (non-hydrogen) atoms. The second-order valence-corrected chi connectivity index (χ2v) is 7.30. The summed E-state index contributed by atoms with van der Waals surface area (Å²) in [5.74, 6) is 1.10. The van der Waals surface area contributed by atoms with Crippen LogP contribution in [-0.4, -0.2) is 12.1 Å². The Morgan fingerprint density at radius 1 is 1.29 bits per heavy atom. The van der Waals surface area contributed by atoms with Crippen molar-refractivity contribution in [3.05, 3.63) is 22.9 Å². The van der Waals surface area contributed by atoms with Gasteiger partial charge in [-0.2, -0.15) is 0 Å². The molecule has 0 aromatic rings. The quantitative estimate of drug-likeness (QED) is 0.500. The zero-order valence-corrected chi connectivity index (χ0v) is 15.3. The van der Waals surface area contributed by atoms with Gasteiger partial charge < -0.3 is 5.32 Å². The molecule has 0 aromatic heterocycles. The maximum atomic E-state index is 4.60. The number of thioether (sulfide) groups is 1. The Bertz CT molecular complexity index is 401. The number of hydrogen-bond donors (Lipinski definition) is 1. The average molecular weight is 309 g/mol. The van der Waals surface area contributed by atoms with Crippen LogP contribution in [0.3, 0.4) is 0 Å². The van der Waals surface area contributed by atoms with Gasteiger partial charge >= 0.3 is 0 Å². The molecule has 0 spiro atoms. The van der Waals surface area contributed by atoms with Crippen molar-refractivity contribution in [2.45, 2.75) is 66.2 Å². The molecular formula is C18H32N2S. The molecule has 0 unspecified atom stereocenters. The molecule has 1 saturated carbocycles. The van der Waals surface area contributed by atoms with Gasteiger partial charge in [-0.25, -0.2) is 0 Å². The van der Waals surface area contributed by atoms with Gasteiger partial charge in [0.25, 0.3) is 0 Å². The number of rotatable bonds is 6. The van der Waals surface area contributed by atoms with Crippen LogP contribution in [0.15, 0.2) is 27.9 Å². The summed E-state index contributed by atoms with van der Waals surface area (Å²) in [5.41, 5.74) is 2.48. The molecule has 0 aromatic carbocycles. The first-order valence-corrected chi connectivity index (χ1v) is 9.11. The molecule has 120 valence electrons. The van der Waals surface area contributed by atoms with E-state index in [0.29, 0.717) is 11.8 Å². The molecule has 1 N–H and O–H groups in total. The van der Waals surface area contributed by atoms with Crippen LogP contribution in [0.5, 0.6) is 0 Å². The predicted molar refractivity (Wildman–Crippen MR) is 97.6 cm³/mol. The fourth-order valence-electron chi connectivity index (χ4n) is 2.44. The molecule has 2 nitrogen and oxygen atoms in total. The first-order valence-electron chi connectivity index (χ1n) is 8.29. The Kier molecular flexibility index (Phi) is 8.16. The standard InChI is InChI=1S/C18H32N2S/c1-7-14(4)17(20-15(5)13(2)3)21-18(19-6)16-11-9-8-10-12-16/h13,16,20H,5,7-12H2,1-4,6H3/b17-14-,19-18-. The van der Waals surface area contributed by atoms with E-state index in [1.807, 2.05) is 18.8 Å². The number of hydrogen-bond acceptors (Lipinski definition) is 3. The van der Waals surface area contributed by atoms with Crippen molar-refractivity contribution < 1.29 is 0 Å². The SMILES string of the molecule is C=C(N/C(S/C(=N\C)C1CCCCC1)=C(\C)CC)C(C)C. The molecule has 0 radical (unpaired) electrons. The second kappa shape index (κ2) is 9.34. The number of nitrogens with zero attached hydrogens (tertiary/aromatic N) is 1. The van der Waals surface area contributed by atoms with Gasteiger partial charge in [0, 0.05) is 18.7 Å². The highest BCUT2D eigenvalue weighted by Gasteiger charge is 2.21. The van der Waals surface area contributed by atoms with E-state index in [1.165, 1.54) is 47.8 Å². The largest absolute Gasteiger partial charge is 0.354 e. The van der Waals surface area contributed by atoms with Crippen molar-refractivity contribution in [3.8, 4) is 0 Å². The lowest BCUT2D eigenvalue weighted by Gasteiger charge is -2.25. The lowest BCUT2D eigenvalue weighted by molar-refractivity contribution is 0.443. The van der Waals surface area contributed by atoms with Crippen molar-refractivity contribution >= 4 is 16.8 Å². The Morgan fingerprint density at radius 2 is 1.90 bits per heavy atom. The average Bonchev–Trinajstić information content (AvgIpc) is 2.51. The summed E-state index contributed by atoms with van der Waals surface area (Å²) < 4.78 is 0. The highest BCUT2D eigenvalue weighted by Crippen LogP contribution is 2.33. The first-order chi connectivity index (χ1) is 9.99. The van der Waals surface area contributed by atoms with E-state index in [1.54, 1.807) is 0 Å². The van der Waals surface area contributed by atoms with Crippen molar-refractivity contribution in [3.63, 3.8) is 0 Å². The van der Waals surface area contributed by atoms with Crippen molar-refractivity contribution in [1.29, 1.82) is 0 Å². The summed E-state index contributed by atoms with van der Waals surface area (Å²) >= 11 is 1.83. The fourth-order valence-corrected chi connectivity index (χ4v) is 3.64. The molecule has 1 aliphatic rings. The normalized spacial score (nSPS) is 18.7. The molecule has 1 aliphatic carbocycles. The van der Waals surface area contributed by atoms with Gasteiger partial charge in [-0.3, -0.25) is 4.99 Å². The first kappa shape index (κ1) is 18.3. The summed E-state index contributed by atoms with van der Waals surface area (Å²) in [4.78, 5) is 4.60. The van der Waals surface area contributed by atoms with E-state index in [9.17, 15) is 0 Å². The van der Waals surface area contributed by atoms with Crippen molar-refractivity contribution in [2.24, 2.45) is 16.8 Å². The zero-order chi connectivity index (χ0) is 15.8. The number of allylic oxidation sites excluding steroid dienone is 2. The summed E-state index contributed by atoms with van der Waals surface area (Å²) in [7, 11) is 1.94. The molecule has 0 amide bonds. The van der Waals surface area contributed by atoms with Crippen LogP contribution in [0, 0.1) is 11.8 Å². The minimum Gasteiger partial charge on any atom is -0.354 e. The highest BCUT2D eigenvalue weighted by atomic mass is 32.2. The Labute approximate surface area is 135 Å². The number of aliphatic imine (C=N–C) groups is 1. The van der Waals surface area contributed by atoms with Gasteiger partial charge in [0.05, 0.1) is 10.1 Å². The van der Waals surface area contributed by atoms with Crippen LogP contribution in [0.2, 0.25) is 0 Å². The minimum atomic E-state index is 0.446. The van der Waals surface area contributed by atoms with Gasteiger partial charge in [0.15, 0.2) is 0 Å². The molecule has 0 saturated heterocycles. The lowest BCUT2D eigenvalue weighted by Crippen LogP contribution is -2.20. The summed E-state index contributed by atoms with van der Waals surface area (Å²) in [6.45, 7) is 12.9. The van der Waals surface area contributed by atoms with Crippen LogP contribution < -0.4 is 5.32 Å². The van der Waals surface area contributed by atoms with E-state index in [4.69, 9.17) is 0 Å². The Hall–Kier alpha value is -0.700. The monoisotopic (exact) mass is 308 g/mol. The van der Waals surface area contributed by atoms with Gasteiger partial charge in [0.1, 0.15) is 0 Å². The van der Waals surface area contributed by atoms with E-state index in [-0.39, 0.29) is 0 Å². The summed E-state index contributed by atoms with van der Waals surface area (Å²) in [6.07, 6.45) is 7.73. The molecule has 0 bridgehead atoms. The minimum absolute atomic E-state index is 0.446. The van der Waals surface area contributed by atoms with Gasteiger partial charge in [0.2, 0.25) is 0 Å². The maximum absolute atomic E-state index is 4.60. The van der Waals surface area contributed by atoms with Gasteiger partial charge in [-0.05, 0) is 37.7 Å². The predicted octanol–water partition coefficient (Wildman–Crippen LogP) is 5.73. The van der Waals surface area contributed by atoms with E-state index >= 15 is 0 Å². The molecule has 1 fully saturated rings. The van der Waals surface area contributed by atoms with Crippen molar-refractivity contribution in [2.75, 3.05) is 7.05 Å². The van der Waals surface area contributed by atoms with Crippen LogP contribution in [0.4, 0.5) is 0 Å². The third-order valence-corrected chi connectivity index (χ3v) is 5.65. The third kappa shape index (κ3) is 5.90. The second-order valence-electron chi connectivity index (χ2n) is 6.27. The van der Waals surface area contributed by atoms with Crippen LogP contribution in [-0.2, 0) is 0 Å². The topological polar surface area (TPSA) is 24.4 Å². The molecule has 3 heteroatoms. The highest BCUT2D eigenvalue weighted by molar-refractivity contribution is 8.17.